The molecule has 0 aliphatic carbocycles. The molecule has 1 saturated heterocycles. The molecule has 0 radical (unpaired) electrons. The van der Waals surface area contributed by atoms with Crippen molar-refractivity contribution in [2.45, 2.75) is 24.9 Å². The molecule has 0 amide bonds. The molecule has 0 saturated carbocycles. The lowest BCUT2D eigenvalue weighted by Gasteiger charge is -2.32. The third-order valence-corrected chi connectivity index (χ3v) is 3.64. The number of para-hydroxylation sites is 1. The first-order valence-electron chi connectivity index (χ1n) is 6.25. The number of β-amino-alcohol motifs (C(OH)–C–C–N with tert-alkyl or cyclic N) is 1. The zero-order chi connectivity index (χ0) is 11.7. The maximum atomic E-state index is 10.5. The van der Waals surface area contributed by atoms with Crippen LogP contribution >= 0.6 is 0 Å². The Morgan fingerprint density at radius 2 is 2.18 bits per heavy atom. The minimum absolute atomic E-state index is 0.580. The van der Waals surface area contributed by atoms with E-state index in [2.05, 4.69) is 22.4 Å². The van der Waals surface area contributed by atoms with Crippen LogP contribution in [0.25, 0.3) is 10.9 Å². The number of piperidine rings is 1. The van der Waals surface area contributed by atoms with E-state index in [1.807, 2.05) is 18.3 Å². The largest absolute Gasteiger partial charge is 0.388 e. The minimum atomic E-state index is -0.580. The second-order valence-corrected chi connectivity index (χ2v) is 5.04. The first-order valence-corrected chi connectivity index (χ1v) is 6.25. The highest BCUT2D eigenvalue weighted by Crippen LogP contribution is 2.26. The molecule has 3 N–H and O–H groups in total. The number of hydrogen-bond donors (Lipinski definition) is 3. The van der Waals surface area contributed by atoms with Crippen LogP contribution in [0.3, 0.4) is 0 Å². The normalized spacial score (nSPS) is 25.2. The van der Waals surface area contributed by atoms with Gasteiger partial charge in [-0.1, -0.05) is 18.2 Å². The van der Waals surface area contributed by atoms with E-state index >= 15 is 0 Å². The molecule has 3 nitrogen and oxygen atoms in total. The van der Waals surface area contributed by atoms with E-state index in [1.54, 1.807) is 0 Å². The Bertz CT molecular complexity index is 512. The van der Waals surface area contributed by atoms with Gasteiger partial charge in [-0.2, -0.15) is 0 Å². The van der Waals surface area contributed by atoms with Crippen LogP contribution in [-0.4, -0.2) is 28.8 Å². The lowest BCUT2D eigenvalue weighted by molar-refractivity contribution is 0.0172. The maximum Gasteiger partial charge on any atom is 0.0812 e. The molecule has 3 rings (SSSR count). The molecule has 17 heavy (non-hydrogen) atoms. The second kappa shape index (κ2) is 4.17. The Kier molecular flexibility index (Phi) is 2.65. The lowest BCUT2D eigenvalue weighted by atomic mass is 9.87. The Morgan fingerprint density at radius 1 is 1.29 bits per heavy atom. The summed E-state index contributed by atoms with van der Waals surface area (Å²) in [7, 11) is 0. The van der Waals surface area contributed by atoms with Gasteiger partial charge in [-0.25, -0.2) is 0 Å². The average Bonchev–Trinajstić information content (AvgIpc) is 2.73. The van der Waals surface area contributed by atoms with E-state index in [-0.39, 0.29) is 0 Å². The average molecular weight is 230 g/mol. The van der Waals surface area contributed by atoms with Crippen molar-refractivity contribution < 1.29 is 5.11 Å². The van der Waals surface area contributed by atoms with Crippen molar-refractivity contribution in [3.05, 3.63) is 36.0 Å². The van der Waals surface area contributed by atoms with Crippen molar-refractivity contribution in [2.24, 2.45) is 0 Å². The topological polar surface area (TPSA) is 48.0 Å². The van der Waals surface area contributed by atoms with Gasteiger partial charge in [0.05, 0.1) is 5.60 Å². The van der Waals surface area contributed by atoms with Gasteiger partial charge in [0.15, 0.2) is 0 Å². The number of nitrogens with one attached hydrogen (secondary N) is 2. The van der Waals surface area contributed by atoms with Crippen LogP contribution in [0.5, 0.6) is 0 Å². The van der Waals surface area contributed by atoms with Crippen LogP contribution in [0.15, 0.2) is 30.5 Å². The summed E-state index contributed by atoms with van der Waals surface area (Å²) in [5.41, 5.74) is 1.78. The van der Waals surface area contributed by atoms with Gasteiger partial charge in [-0.05, 0) is 31.0 Å². The fraction of sp³-hybridized carbons (Fsp3) is 0.429. The quantitative estimate of drug-likeness (QED) is 0.737. The molecule has 2 heterocycles. The number of fused-ring (bicyclic) bond motifs is 1. The fourth-order valence-electron chi connectivity index (χ4n) is 2.74. The highest BCUT2D eigenvalue weighted by molar-refractivity contribution is 5.83. The van der Waals surface area contributed by atoms with Crippen LogP contribution in [0.2, 0.25) is 0 Å². The van der Waals surface area contributed by atoms with E-state index in [4.69, 9.17) is 0 Å². The van der Waals surface area contributed by atoms with E-state index in [0.29, 0.717) is 6.54 Å². The Labute approximate surface area is 101 Å². The summed E-state index contributed by atoms with van der Waals surface area (Å²) in [5, 5.41) is 15.0. The van der Waals surface area contributed by atoms with Gasteiger partial charge >= 0.3 is 0 Å². The number of aromatic amines is 1. The van der Waals surface area contributed by atoms with Crippen molar-refractivity contribution in [1.29, 1.82) is 0 Å². The molecule has 0 bridgehead atoms. The first-order chi connectivity index (χ1) is 8.27. The third-order valence-electron chi connectivity index (χ3n) is 3.64. The predicted octanol–water partition coefficient (Wildman–Crippen LogP) is 1.82. The standard InChI is InChI=1S/C14H18N2O/c17-14(6-3-7-15-10-14)8-11-9-16-13-5-2-1-4-12(11)13/h1-2,4-5,9,15-17H,3,6-8,10H2. The Balaban J connectivity index is 1.89. The number of H-pyrrole nitrogens is 1. The highest BCUT2D eigenvalue weighted by Gasteiger charge is 2.29. The number of hydrogen-bond acceptors (Lipinski definition) is 2. The van der Waals surface area contributed by atoms with Crippen LogP contribution in [-0.2, 0) is 6.42 Å². The minimum Gasteiger partial charge on any atom is -0.388 e. The number of rotatable bonds is 2. The molecule has 1 atom stereocenters. The molecule has 2 aromatic rings. The molecule has 0 spiro atoms. The first kappa shape index (κ1) is 10.8. The Hall–Kier alpha value is -1.32. The molecule has 1 aliphatic rings. The van der Waals surface area contributed by atoms with Gasteiger partial charge in [-0.3, -0.25) is 0 Å². The summed E-state index contributed by atoms with van der Waals surface area (Å²) in [6.45, 7) is 1.72. The van der Waals surface area contributed by atoms with Gasteiger partial charge in [0, 0.05) is 30.1 Å². The van der Waals surface area contributed by atoms with Crippen molar-refractivity contribution >= 4 is 10.9 Å². The summed E-state index contributed by atoms with van der Waals surface area (Å²) in [6, 6.07) is 8.26. The van der Waals surface area contributed by atoms with Crippen molar-refractivity contribution in [3.8, 4) is 0 Å². The van der Waals surface area contributed by atoms with Crippen molar-refractivity contribution in [3.63, 3.8) is 0 Å². The summed E-state index contributed by atoms with van der Waals surface area (Å²) in [5.74, 6) is 0. The smallest absolute Gasteiger partial charge is 0.0812 e. The van der Waals surface area contributed by atoms with Crippen LogP contribution < -0.4 is 5.32 Å². The molecular weight excluding hydrogens is 212 g/mol. The van der Waals surface area contributed by atoms with Crippen LogP contribution in [0, 0.1) is 0 Å². The molecule has 1 unspecified atom stereocenters. The van der Waals surface area contributed by atoms with Gasteiger partial charge in [0.25, 0.3) is 0 Å². The van der Waals surface area contributed by atoms with E-state index in [9.17, 15) is 5.11 Å². The monoisotopic (exact) mass is 230 g/mol. The summed E-state index contributed by atoms with van der Waals surface area (Å²) in [4.78, 5) is 3.26. The van der Waals surface area contributed by atoms with Gasteiger partial charge < -0.3 is 15.4 Å². The number of benzene rings is 1. The van der Waals surface area contributed by atoms with Crippen molar-refractivity contribution in [1.82, 2.24) is 10.3 Å². The molecule has 1 aromatic heterocycles. The predicted molar refractivity (Wildman–Crippen MR) is 69.1 cm³/mol. The van der Waals surface area contributed by atoms with Crippen LogP contribution in [0.4, 0.5) is 0 Å². The molecule has 1 aliphatic heterocycles. The number of aromatic nitrogens is 1. The van der Waals surface area contributed by atoms with Gasteiger partial charge in [-0.15, -0.1) is 0 Å². The zero-order valence-corrected chi connectivity index (χ0v) is 9.87. The SMILES string of the molecule is OC1(Cc2c[nH]c3ccccc23)CCCNC1. The van der Waals surface area contributed by atoms with Crippen molar-refractivity contribution in [2.75, 3.05) is 13.1 Å². The Morgan fingerprint density at radius 3 is 3.00 bits per heavy atom. The molecule has 90 valence electrons. The van der Waals surface area contributed by atoms with Gasteiger partial charge in [0.2, 0.25) is 0 Å². The van der Waals surface area contributed by atoms with Crippen LogP contribution in [0.1, 0.15) is 18.4 Å². The molecule has 1 fully saturated rings. The number of aliphatic hydroxyl groups is 1. The molecule has 1 aromatic carbocycles. The highest BCUT2D eigenvalue weighted by atomic mass is 16.3. The van der Waals surface area contributed by atoms with Gasteiger partial charge in [0.1, 0.15) is 0 Å². The summed E-state index contributed by atoms with van der Waals surface area (Å²) < 4.78 is 0. The lowest BCUT2D eigenvalue weighted by Crippen LogP contribution is -2.47. The molecular formula is C14H18N2O. The molecule has 3 heteroatoms. The summed E-state index contributed by atoms with van der Waals surface area (Å²) in [6.07, 6.45) is 4.69. The van der Waals surface area contributed by atoms with E-state index < -0.39 is 5.60 Å². The van der Waals surface area contributed by atoms with E-state index in [1.165, 1.54) is 10.9 Å². The summed E-state index contributed by atoms with van der Waals surface area (Å²) >= 11 is 0. The third kappa shape index (κ3) is 2.08. The second-order valence-electron chi connectivity index (χ2n) is 5.04. The zero-order valence-electron chi connectivity index (χ0n) is 9.87. The fourth-order valence-corrected chi connectivity index (χ4v) is 2.74. The van der Waals surface area contributed by atoms with E-state index in [0.717, 1.165) is 31.3 Å². The maximum absolute atomic E-state index is 10.5.